The van der Waals surface area contributed by atoms with Crippen LogP contribution in [0.25, 0.3) is 0 Å². The number of hydrogen-bond donors (Lipinski definition) is 2. The van der Waals surface area contributed by atoms with Gasteiger partial charge in [-0.25, -0.2) is 0 Å². The average Bonchev–Trinajstić information content (AvgIpc) is 2.35. The summed E-state index contributed by atoms with van der Waals surface area (Å²) in [5.74, 6) is 1.64. The summed E-state index contributed by atoms with van der Waals surface area (Å²) in [5.41, 5.74) is 0.863. The van der Waals surface area contributed by atoms with Crippen LogP contribution in [0.2, 0.25) is 0 Å². The molecule has 0 fully saturated rings. The maximum absolute atomic E-state index is 9.21. The molecule has 0 spiro atoms. The third kappa shape index (κ3) is 3.27. The Morgan fingerprint density at radius 2 is 1.56 bits per heavy atom. The predicted octanol–water partition coefficient (Wildman–Crippen LogP) is 3.89. The van der Waals surface area contributed by atoms with Crippen LogP contribution in [-0.4, -0.2) is 10.2 Å². The molecule has 2 aromatic carbocycles. The lowest BCUT2D eigenvalue weighted by Crippen LogP contribution is -1.94. The number of benzene rings is 2. The van der Waals surface area contributed by atoms with Gasteiger partial charge in [0.15, 0.2) is 5.75 Å². The molecule has 0 aliphatic carbocycles. The number of halogens is 2. The summed E-state index contributed by atoms with van der Waals surface area (Å²) in [7, 11) is 0. The lowest BCUT2D eigenvalue weighted by atomic mass is 10.2. The van der Waals surface area contributed by atoms with Crippen molar-refractivity contribution < 1.29 is 14.9 Å². The van der Waals surface area contributed by atoms with Crippen molar-refractivity contribution in [1.29, 1.82) is 0 Å². The third-order valence-corrected chi connectivity index (χ3v) is 3.90. The van der Waals surface area contributed by atoms with Crippen LogP contribution in [0.4, 0.5) is 0 Å². The van der Waals surface area contributed by atoms with Gasteiger partial charge in [0.25, 0.3) is 0 Å². The molecule has 0 radical (unpaired) electrons. The summed E-state index contributed by atoms with van der Waals surface area (Å²) in [4.78, 5) is 0. The molecule has 2 rings (SSSR count). The number of phenolic OH excluding ortho intramolecular Hbond substituents is 1. The lowest BCUT2D eigenvalue weighted by molar-refractivity contribution is 0.281. The Balaban J connectivity index is 2.31. The van der Waals surface area contributed by atoms with E-state index in [0.29, 0.717) is 5.75 Å². The molecule has 94 valence electrons. The van der Waals surface area contributed by atoms with Crippen LogP contribution in [0, 0.1) is 7.14 Å². The van der Waals surface area contributed by atoms with Gasteiger partial charge in [-0.05, 0) is 87.1 Å². The highest BCUT2D eigenvalue weighted by Crippen LogP contribution is 2.33. The molecule has 5 heteroatoms. The molecule has 0 saturated heterocycles. The Kier molecular flexibility index (Phi) is 4.68. The zero-order valence-corrected chi connectivity index (χ0v) is 13.5. The average molecular weight is 468 g/mol. The van der Waals surface area contributed by atoms with Gasteiger partial charge < -0.3 is 14.9 Å². The maximum Gasteiger partial charge on any atom is 0.154 e. The minimum Gasteiger partial charge on any atom is -0.508 e. The Morgan fingerprint density at radius 1 is 1.00 bits per heavy atom. The van der Waals surface area contributed by atoms with Crippen LogP contribution in [-0.2, 0) is 6.61 Å². The minimum atomic E-state index is 0.0193. The summed E-state index contributed by atoms with van der Waals surface area (Å²) < 4.78 is 7.67. The number of aliphatic hydroxyl groups is 1. The number of phenols is 1. The molecule has 0 amide bonds. The van der Waals surface area contributed by atoms with Crippen LogP contribution < -0.4 is 4.74 Å². The quantitative estimate of drug-likeness (QED) is 0.673. The molecule has 3 nitrogen and oxygen atoms in total. The number of aliphatic hydroxyl groups excluding tert-OH is 1. The Hall–Kier alpha value is -0.540. The van der Waals surface area contributed by atoms with Crippen molar-refractivity contribution in [3.8, 4) is 17.2 Å². The molecule has 18 heavy (non-hydrogen) atoms. The third-order valence-electron chi connectivity index (χ3n) is 2.30. The zero-order valence-electron chi connectivity index (χ0n) is 9.23. The Morgan fingerprint density at radius 3 is 2.06 bits per heavy atom. The van der Waals surface area contributed by atoms with E-state index in [1.54, 1.807) is 24.3 Å². The SMILES string of the molecule is OCc1cc(I)c(Oc2ccc(O)cc2)c(I)c1. The molecule has 0 atom stereocenters. The smallest absolute Gasteiger partial charge is 0.154 e. The van der Waals surface area contributed by atoms with E-state index < -0.39 is 0 Å². The van der Waals surface area contributed by atoms with Crippen molar-refractivity contribution in [1.82, 2.24) is 0 Å². The van der Waals surface area contributed by atoms with E-state index in [-0.39, 0.29) is 12.4 Å². The Labute approximate surface area is 132 Å². The second-order valence-electron chi connectivity index (χ2n) is 3.64. The highest BCUT2D eigenvalue weighted by atomic mass is 127. The fourth-order valence-corrected chi connectivity index (χ4v) is 3.55. The fraction of sp³-hybridized carbons (Fsp3) is 0.0769. The highest BCUT2D eigenvalue weighted by Gasteiger charge is 2.09. The molecule has 0 aromatic heterocycles. The summed E-state index contributed by atoms with van der Waals surface area (Å²) >= 11 is 4.36. The molecule has 0 heterocycles. The number of hydrogen-bond acceptors (Lipinski definition) is 3. The van der Waals surface area contributed by atoms with Gasteiger partial charge >= 0.3 is 0 Å². The summed E-state index contributed by atoms with van der Waals surface area (Å²) in [6, 6.07) is 10.4. The molecular weight excluding hydrogens is 458 g/mol. The van der Waals surface area contributed by atoms with E-state index >= 15 is 0 Å². The molecule has 2 N–H and O–H groups in total. The van der Waals surface area contributed by atoms with E-state index in [1.165, 1.54) is 0 Å². The number of aromatic hydroxyl groups is 1. The predicted molar refractivity (Wildman–Crippen MR) is 86.0 cm³/mol. The van der Waals surface area contributed by atoms with E-state index in [2.05, 4.69) is 45.2 Å². The largest absolute Gasteiger partial charge is 0.508 e. The van der Waals surface area contributed by atoms with Crippen molar-refractivity contribution in [3.05, 3.63) is 49.1 Å². The van der Waals surface area contributed by atoms with E-state index in [9.17, 15) is 5.11 Å². The van der Waals surface area contributed by atoms with E-state index in [4.69, 9.17) is 9.84 Å². The molecular formula is C13H10I2O3. The first-order chi connectivity index (χ1) is 8.60. The normalized spacial score (nSPS) is 10.4. The number of ether oxygens (including phenoxy) is 1. The summed E-state index contributed by atoms with van der Waals surface area (Å²) in [5, 5.41) is 18.3. The lowest BCUT2D eigenvalue weighted by Gasteiger charge is -2.11. The molecule has 0 bridgehead atoms. The molecule has 0 saturated carbocycles. The van der Waals surface area contributed by atoms with Crippen LogP contribution in [0.15, 0.2) is 36.4 Å². The van der Waals surface area contributed by atoms with Gasteiger partial charge in [-0.2, -0.15) is 0 Å². The van der Waals surface area contributed by atoms with Gasteiger partial charge in [0.1, 0.15) is 11.5 Å². The van der Waals surface area contributed by atoms with Gasteiger partial charge in [0.05, 0.1) is 13.7 Å². The second kappa shape index (κ2) is 6.07. The zero-order chi connectivity index (χ0) is 13.1. The van der Waals surface area contributed by atoms with Gasteiger partial charge in [0.2, 0.25) is 0 Å². The molecule has 2 aromatic rings. The maximum atomic E-state index is 9.21. The summed E-state index contributed by atoms with van der Waals surface area (Å²) in [6.45, 7) is 0.0193. The first-order valence-electron chi connectivity index (χ1n) is 5.16. The van der Waals surface area contributed by atoms with Crippen molar-refractivity contribution in [3.63, 3.8) is 0 Å². The van der Waals surface area contributed by atoms with E-state index in [0.717, 1.165) is 18.5 Å². The Bertz CT molecular complexity index is 530. The van der Waals surface area contributed by atoms with Crippen LogP contribution >= 0.6 is 45.2 Å². The minimum absolute atomic E-state index is 0.0193. The highest BCUT2D eigenvalue weighted by molar-refractivity contribution is 14.1. The first kappa shape index (κ1) is 13.9. The van der Waals surface area contributed by atoms with Crippen molar-refractivity contribution in [2.75, 3.05) is 0 Å². The van der Waals surface area contributed by atoms with Crippen LogP contribution in [0.1, 0.15) is 5.56 Å². The number of rotatable bonds is 3. The van der Waals surface area contributed by atoms with Crippen LogP contribution in [0.5, 0.6) is 17.2 Å². The van der Waals surface area contributed by atoms with Gasteiger partial charge in [-0.15, -0.1) is 0 Å². The van der Waals surface area contributed by atoms with E-state index in [1.807, 2.05) is 12.1 Å². The van der Waals surface area contributed by atoms with Crippen molar-refractivity contribution >= 4 is 45.2 Å². The van der Waals surface area contributed by atoms with Crippen molar-refractivity contribution in [2.45, 2.75) is 6.61 Å². The van der Waals surface area contributed by atoms with Gasteiger partial charge in [-0.1, -0.05) is 0 Å². The standard InChI is InChI=1S/C13H10I2O3/c14-11-5-8(7-16)6-12(15)13(11)18-10-3-1-9(17)2-4-10/h1-6,16-17H,7H2. The van der Waals surface area contributed by atoms with Crippen molar-refractivity contribution in [2.24, 2.45) is 0 Å². The van der Waals surface area contributed by atoms with Crippen LogP contribution in [0.3, 0.4) is 0 Å². The second-order valence-corrected chi connectivity index (χ2v) is 5.97. The molecule has 0 unspecified atom stereocenters. The fourth-order valence-electron chi connectivity index (χ4n) is 1.43. The molecule has 0 aliphatic heterocycles. The monoisotopic (exact) mass is 468 g/mol. The molecule has 0 aliphatic rings. The van der Waals surface area contributed by atoms with Gasteiger partial charge in [-0.3, -0.25) is 0 Å². The first-order valence-corrected chi connectivity index (χ1v) is 7.31. The topological polar surface area (TPSA) is 49.7 Å². The van der Waals surface area contributed by atoms with Gasteiger partial charge in [0, 0.05) is 0 Å². The summed E-state index contributed by atoms with van der Waals surface area (Å²) in [6.07, 6.45) is 0.